The molecule has 1 aliphatic rings. The van der Waals surface area contributed by atoms with E-state index in [-0.39, 0.29) is 12.2 Å². The molecule has 0 radical (unpaired) electrons. The van der Waals surface area contributed by atoms with E-state index in [9.17, 15) is 18.0 Å². The Kier molecular flexibility index (Phi) is 4.05. The average molecular weight is 292 g/mol. The molecule has 2 heterocycles. The Morgan fingerprint density at radius 1 is 1.55 bits per heavy atom. The van der Waals surface area contributed by atoms with Gasteiger partial charge in [0, 0.05) is 26.7 Å². The standard InChI is InChI=1S/C12H15F3N2O3/c1-19-11(4-5-20-7-11)6-16-10(18)8-2-3-9(17-8)12(13,14)15/h2-3,17H,4-7H2,1H3,(H,16,18). The number of ether oxygens (including phenoxy) is 2. The highest BCUT2D eigenvalue weighted by atomic mass is 19.4. The van der Waals surface area contributed by atoms with Gasteiger partial charge in [0.2, 0.25) is 0 Å². The quantitative estimate of drug-likeness (QED) is 0.885. The number of rotatable bonds is 4. The summed E-state index contributed by atoms with van der Waals surface area (Å²) in [5, 5.41) is 2.55. The number of hydrogen-bond donors (Lipinski definition) is 2. The maximum Gasteiger partial charge on any atom is 0.431 e. The van der Waals surface area contributed by atoms with Gasteiger partial charge in [-0.3, -0.25) is 4.79 Å². The number of aromatic nitrogens is 1. The fourth-order valence-electron chi connectivity index (χ4n) is 1.99. The second kappa shape index (κ2) is 5.45. The molecular formula is C12H15F3N2O3. The van der Waals surface area contributed by atoms with E-state index in [0.29, 0.717) is 19.6 Å². The van der Waals surface area contributed by atoms with Crippen LogP contribution >= 0.6 is 0 Å². The van der Waals surface area contributed by atoms with E-state index < -0.39 is 23.4 Å². The summed E-state index contributed by atoms with van der Waals surface area (Å²) < 4.78 is 47.8. The summed E-state index contributed by atoms with van der Waals surface area (Å²) in [6.07, 6.45) is -3.87. The second-order valence-corrected chi connectivity index (χ2v) is 4.66. The molecule has 20 heavy (non-hydrogen) atoms. The highest BCUT2D eigenvalue weighted by Gasteiger charge is 2.36. The molecule has 2 N–H and O–H groups in total. The highest BCUT2D eigenvalue weighted by molar-refractivity contribution is 5.92. The van der Waals surface area contributed by atoms with Gasteiger partial charge in [-0.25, -0.2) is 0 Å². The van der Waals surface area contributed by atoms with Crippen molar-refractivity contribution < 1.29 is 27.4 Å². The third-order valence-corrected chi connectivity index (χ3v) is 3.31. The lowest BCUT2D eigenvalue weighted by atomic mass is 10.0. The Bertz CT molecular complexity index is 479. The molecule has 1 aromatic heterocycles. The lowest BCUT2D eigenvalue weighted by molar-refractivity contribution is -0.140. The van der Waals surface area contributed by atoms with Gasteiger partial charge in [0.1, 0.15) is 17.0 Å². The number of carbonyl (C=O) groups excluding carboxylic acids is 1. The van der Waals surface area contributed by atoms with Gasteiger partial charge in [-0.15, -0.1) is 0 Å². The summed E-state index contributed by atoms with van der Waals surface area (Å²) in [6, 6.07) is 1.93. The van der Waals surface area contributed by atoms with Crippen LogP contribution in [0.2, 0.25) is 0 Å². The van der Waals surface area contributed by atoms with Gasteiger partial charge < -0.3 is 19.8 Å². The van der Waals surface area contributed by atoms with Crippen LogP contribution in [0.15, 0.2) is 12.1 Å². The first-order valence-corrected chi connectivity index (χ1v) is 6.04. The topological polar surface area (TPSA) is 63.3 Å². The monoisotopic (exact) mass is 292 g/mol. The average Bonchev–Trinajstić information content (AvgIpc) is 3.05. The molecule has 0 aromatic carbocycles. The Morgan fingerprint density at radius 2 is 2.30 bits per heavy atom. The van der Waals surface area contributed by atoms with E-state index >= 15 is 0 Å². The number of alkyl halides is 3. The van der Waals surface area contributed by atoms with E-state index in [0.717, 1.165) is 12.1 Å². The van der Waals surface area contributed by atoms with Crippen molar-refractivity contribution in [2.24, 2.45) is 0 Å². The van der Waals surface area contributed by atoms with Crippen molar-refractivity contribution in [2.45, 2.75) is 18.2 Å². The molecule has 1 amide bonds. The fourth-order valence-corrected chi connectivity index (χ4v) is 1.99. The smallest absolute Gasteiger partial charge is 0.378 e. The first kappa shape index (κ1) is 14.9. The van der Waals surface area contributed by atoms with Crippen LogP contribution in [0.25, 0.3) is 0 Å². The van der Waals surface area contributed by atoms with Crippen molar-refractivity contribution in [2.75, 3.05) is 26.9 Å². The van der Waals surface area contributed by atoms with Crippen molar-refractivity contribution in [1.82, 2.24) is 10.3 Å². The van der Waals surface area contributed by atoms with E-state index in [1.54, 1.807) is 0 Å². The number of hydrogen-bond acceptors (Lipinski definition) is 3. The number of amides is 1. The molecule has 2 rings (SSSR count). The van der Waals surface area contributed by atoms with Crippen LogP contribution in [0.3, 0.4) is 0 Å². The van der Waals surface area contributed by atoms with Crippen molar-refractivity contribution >= 4 is 5.91 Å². The van der Waals surface area contributed by atoms with Gasteiger partial charge in [0.25, 0.3) is 5.91 Å². The number of methoxy groups -OCH3 is 1. The molecule has 1 unspecified atom stereocenters. The molecule has 5 nitrogen and oxygen atoms in total. The summed E-state index contributed by atoms with van der Waals surface area (Å²) in [6.45, 7) is 1.06. The molecule has 0 saturated carbocycles. The van der Waals surface area contributed by atoms with Crippen molar-refractivity contribution in [3.8, 4) is 0 Å². The second-order valence-electron chi connectivity index (χ2n) is 4.66. The lowest BCUT2D eigenvalue weighted by Crippen LogP contribution is -2.45. The van der Waals surface area contributed by atoms with Gasteiger partial charge in [-0.2, -0.15) is 13.2 Å². The predicted octanol–water partition coefficient (Wildman–Crippen LogP) is 1.57. The van der Waals surface area contributed by atoms with Crippen molar-refractivity contribution in [1.29, 1.82) is 0 Å². The van der Waals surface area contributed by atoms with Gasteiger partial charge in [0.15, 0.2) is 0 Å². The minimum Gasteiger partial charge on any atom is -0.378 e. The van der Waals surface area contributed by atoms with Crippen LogP contribution in [0.1, 0.15) is 22.6 Å². The summed E-state index contributed by atoms with van der Waals surface area (Å²) in [4.78, 5) is 13.8. The molecule has 1 atom stereocenters. The Morgan fingerprint density at radius 3 is 2.80 bits per heavy atom. The largest absolute Gasteiger partial charge is 0.431 e. The SMILES string of the molecule is COC1(CNC(=O)c2ccc(C(F)(F)F)[nH]2)CCOC1. The fraction of sp³-hybridized carbons (Fsp3) is 0.583. The number of nitrogens with one attached hydrogen (secondary N) is 2. The number of aromatic amines is 1. The zero-order valence-corrected chi connectivity index (χ0v) is 10.8. The molecule has 1 aromatic rings. The molecule has 1 saturated heterocycles. The van der Waals surface area contributed by atoms with E-state index in [1.807, 2.05) is 4.98 Å². The summed E-state index contributed by atoms with van der Waals surface area (Å²) >= 11 is 0. The third kappa shape index (κ3) is 3.13. The molecule has 0 bridgehead atoms. The minimum atomic E-state index is -4.49. The van der Waals surface area contributed by atoms with Gasteiger partial charge in [-0.1, -0.05) is 0 Å². The number of carbonyl (C=O) groups is 1. The molecule has 112 valence electrons. The molecule has 1 aliphatic heterocycles. The molecule has 0 spiro atoms. The van der Waals surface area contributed by atoms with Gasteiger partial charge in [-0.05, 0) is 12.1 Å². The van der Waals surface area contributed by atoms with Gasteiger partial charge in [0.05, 0.1) is 6.61 Å². The van der Waals surface area contributed by atoms with Crippen LogP contribution < -0.4 is 5.32 Å². The Labute approximate surface area is 113 Å². The van der Waals surface area contributed by atoms with Crippen LogP contribution in [0.5, 0.6) is 0 Å². The normalized spacial score (nSPS) is 23.0. The predicted molar refractivity (Wildman–Crippen MR) is 63.3 cm³/mol. The summed E-state index contributed by atoms with van der Waals surface area (Å²) in [5.41, 5.74) is -1.69. The van der Waals surface area contributed by atoms with Crippen LogP contribution in [-0.4, -0.2) is 43.4 Å². The van der Waals surface area contributed by atoms with Crippen molar-refractivity contribution in [3.63, 3.8) is 0 Å². The van der Waals surface area contributed by atoms with Crippen LogP contribution in [0.4, 0.5) is 13.2 Å². The van der Waals surface area contributed by atoms with E-state index in [1.165, 1.54) is 7.11 Å². The van der Waals surface area contributed by atoms with E-state index in [2.05, 4.69) is 5.32 Å². The molecule has 1 fully saturated rings. The maximum atomic E-state index is 12.4. The molecule has 0 aliphatic carbocycles. The first-order valence-electron chi connectivity index (χ1n) is 6.04. The number of H-pyrrole nitrogens is 1. The minimum absolute atomic E-state index is 0.137. The summed E-state index contributed by atoms with van der Waals surface area (Å²) in [7, 11) is 1.51. The first-order chi connectivity index (χ1) is 9.36. The maximum absolute atomic E-state index is 12.4. The Balaban J connectivity index is 1.97. The molecule has 8 heteroatoms. The zero-order valence-electron chi connectivity index (χ0n) is 10.8. The van der Waals surface area contributed by atoms with Crippen LogP contribution in [0, 0.1) is 0 Å². The number of halogens is 3. The van der Waals surface area contributed by atoms with Crippen LogP contribution in [-0.2, 0) is 15.7 Å². The highest BCUT2D eigenvalue weighted by Crippen LogP contribution is 2.28. The Hall–Kier alpha value is -1.54. The van der Waals surface area contributed by atoms with Crippen molar-refractivity contribution in [3.05, 3.63) is 23.5 Å². The molecular weight excluding hydrogens is 277 g/mol. The zero-order chi connectivity index (χ0) is 14.8. The lowest BCUT2D eigenvalue weighted by Gasteiger charge is -2.25. The third-order valence-electron chi connectivity index (χ3n) is 3.31. The summed E-state index contributed by atoms with van der Waals surface area (Å²) in [5.74, 6) is -0.608. The van der Waals surface area contributed by atoms with Gasteiger partial charge >= 0.3 is 6.18 Å². The van der Waals surface area contributed by atoms with E-state index in [4.69, 9.17) is 9.47 Å².